The zero-order valence-corrected chi connectivity index (χ0v) is 36.8. The van der Waals surface area contributed by atoms with Gasteiger partial charge in [0.1, 0.15) is 18.3 Å². The molecule has 4 atom stereocenters. The summed E-state index contributed by atoms with van der Waals surface area (Å²) in [4.78, 5) is 19.4. The summed E-state index contributed by atoms with van der Waals surface area (Å²) >= 11 is 0. The fourth-order valence-corrected chi connectivity index (χ4v) is 9.03. The van der Waals surface area contributed by atoms with E-state index in [2.05, 4.69) is 113 Å². The Bertz CT molecular complexity index is 1860. The van der Waals surface area contributed by atoms with Gasteiger partial charge in [0.2, 0.25) is 5.88 Å². The SMILES string of the molecule is COc1nc(-c2cnc3ccccc3c2)nc2c1ncn2[C@@H]1O[C@H](CO[Si](C)(C)C(C)(C)C)[C@@H](O[Si](C)(C)C(C)(C)C)[C@H]1O[Si](C)(C)C(C)(C)C. The van der Waals surface area contributed by atoms with Gasteiger partial charge in [-0.3, -0.25) is 9.55 Å². The molecule has 5 rings (SSSR count). The normalized spacial score (nSPS) is 21.2. The van der Waals surface area contributed by atoms with Gasteiger partial charge in [0.05, 0.1) is 25.6 Å². The second-order valence-corrected chi connectivity index (χ2v) is 32.9. The smallest absolute Gasteiger partial charge is 0.245 e. The molecule has 1 fully saturated rings. The van der Waals surface area contributed by atoms with E-state index in [0.717, 1.165) is 16.5 Å². The maximum atomic E-state index is 7.40. The molecule has 1 aromatic carbocycles. The van der Waals surface area contributed by atoms with E-state index in [4.69, 9.17) is 37.7 Å². The van der Waals surface area contributed by atoms with Crippen LogP contribution in [0.5, 0.6) is 5.88 Å². The van der Waals surface area contributed by atoms with Gasteiger partial charge < -0.3 is 22.8 Å². The number of nitrogens with zero attached hydrogens (tertiary/aromatic N) is 5. The van der Waals surface area contributed by atoms with Crippen LogP contribution in [-0.4, -0.2) is 81.5 Å². The standard InChI is InChI=1S/C38H61N5O5Si3/c1-36(2,3)49(11,12)45-23-28-30(47-50(13,14)37(4,5)6)31(48-51(15,16)38(7,8)9)35(46-28)43-24-40-29-33(43)41-32(42-34(29)44-10)26-21-25-19-17-18-20-27(25)39-22-26/h17-22,24,28,30-31,35H,23H2,1-16H3/t28-,30-,31-,35-/m1/s1. The minimum Gasteiger partial charge on any atom is -0.479 e. The van der Waals surface area contributed by atoms with Crippen molar-refractivity contribution in [2.45, 2.75) is 141 Å². The molecule has 0 spiro atoms. The molecule has 51 heavy (non-hydrogen) atoms. The van der Waals surface area contributed by atoms with Crippen LogP contribution in [0.1, 0.15) is 68.5 Å². The summed E-state index contributed by atoms with van der Waals surface area (Å²) in [6, 6.07) is 10.1. The topological polar surface area (TPSA) is 103 Å². The van der Waals surface area contributed by atoms with Crippen molar-refractivity contribution in [1.29, 1.82) is 0 Å². The molecule has 3 aromatic heterocycles. The number of hydrogen-bond acceptors (Lipinski definition) is 9. The van der Waals surface area contributed by atoms with Gasteiger partial charge in [-0.05, 0) is 66.5 Å². The molecule has 4 aromatic rings. The van der Waals surface area contributed by atoms with Crippen molar-refractivity contribution in [1.82, 2.24) is 24.5 Å². The molecule has 0 unspecified atom stereocenters. The molecule has 1 aliphatic rings. The lowest BCUT2D eigenvalue weighted by molar-refractivity contribution is -0.0470. The lowest BCUT2D eigenvalue weighted by Crippen LogP contribution is -2.54. The second-order valence-electron chi connectivity index (χ2n) is 18.6. The molecule has 10 nitrogen and oxygen atoms in total. The van der Waals surface area contributed by atoms with Crippen LogP contribution in [0.3, 0.4) is 0 Å². The number of fused-ring (bicyclic) bond motifs is 2. The third kappa shape index (κ3) is 7.90. The molecular weight excluding hydrogens is 691 g/mol. The summed E-state index contributed by atoms with van der Waals surface area (Å²) in [5.41, 5.74) is 2.83. The van der Waals surface area contributed by atoms with Crippen LogP contribution in [0, 0.1) is 0 Å². The van der Waals surface area contributed by atoms with E-state index in [1.807, 2.05) is 28.8 Å². The Morgan fingerprint density at radius 3 is 1.94 bits per heavy atom. The van der Waals surface area contributed by atoms with E-state index >= 15 is 0 Å². The summed E-state index contributed by atoms with van der Waals surface area (Å²) in [7, 11) is -5.18. The fourth-order valence-electron chi connectivity index (χ4n) is 5.42. The highest BCUT2D eigenvalue weighted by Gasteiger charge is 2.55. The third-order valence-electron chi connectivity index (χ3n) is 11.9. The maximum Gasteiger partial charge on any atom is 0.245 e. The minimum absolute atomic E-state index is 0.0253. The first-order valence-electron chi connectivity index (χ1n) is 18.2. The highest BCUT2D eigenvalue weighted by Crippen LogP contribution is 2.47. The molecule has 1 aliphatic heterocycles. The Morgan fingerprint density at radius 2 is 1.35 bits per heavy atom. The van der Waals surface area contributed by atoms with Crippen molar-refractivity contribution >= 4 is 47.0 Å². The lowest BCUT2D eigenvalue weighted by Gasteiger charge is -2.44. The van der Waals surface area contributed by atoms with Gasteiger partial charge in [-0.25, -0.2) is 9.97 Å². The monoisotopic (exact) mass is 751 g/mol. The number of rotatable bonds is 10. The molecular formula is C38H61N5O5Si3. The predicted molar refractivity (Wildman–Crippen MR) is 214 cm³/mol. The van der Waals surface area contributed by atoms with Crippen LogP contribution in [0.2, 0.25) is 54.4 Å². The zero-order chi connectivity index (χ0) is 37.9. The molecule has 0 saturated carbocycles. The van der Waals surface area contributed by atoms with Crippen molar-refractivity contribution in [3.63, 3.8) is 0 Å². The van der Waals surface area contributed by atoms with E-state index in [-0.39, 0.29) is 27.3 Å². The molecule has 4 heterocycles. The van der Waals surface area contributed by atoms with Gasteiger partial charge in [0, 0.05) is 17.1 Å². The van der Waals surface area contributed by atoms with Crippen LogP contribution in [0.15, 0.2) is 42.9 Å². The number of hydrogen-bond donors (Lipinski definition) is 0. The first-order valence-corrected chi connectivity index (χ1v) is 26.9. The van der Waals surface area contributed by atoms with Gasteiger partial charge in [-0.2, -0.15) is 4.98 Å². The Hall–Kier alpha value is -2.53. The first kappa shape index (κ1) is 39.7. The van der Waals surface area contributed by atoms with Gasteiger partial charge in [0.25, 0.3) is 0 Å². The molecule has 0 N–H and O–H groups in total. The van der Waals surface area contributed by atoms with Crippen molar-refractivity contribution in [3.8, 4) is 17.3 Å². The summed E-state index contributed by atoms with van der Waals surface area (Å²) in [5, 5.41) is 0.971. The Kier molecular flexibility index (Phi) is 10.7. The molecule has 1 saturated heterocycles. The van der Waals surface area contributed by atoms with Crippen LogP contribution in [0.25, 0.3) is 33.5 Å². The zero-order valence-electron chi connectivity index (χ0n) is 33.8. The van der Waals surface area contributed by atoms with Crippen molar-refractivity contribution in [3.05, 3.63) is 42.9 Å². The van der Waals surface area contributed by atoms with E-state index in [9.17, 15) is 0 Å². The predicted octanol–water partition coefficient (Wildman–Crippen LogP) is 9.75. The Labute approximate surface area is 308 Å². The minimum atomic E-state index is -2.36. The number of imidazole rings is 1. The molecule has 0 amide bonds. The molecule has 13 heteroatoms. The Morgan fingerprint density at radius 1 is 0.765 bits per heavy atom. The van der Waals surface area contributed by atoms with Crippen LogP contribution in [-0.2, 0) is 18.0 Å². The van der Waals surface area contributed by atoms with E-state index in [0.29, 0.717) is 29.5 Å². The average molecular weight is 752 g/mol. The number of aromatic nitrogens is 5. The fraction of sp³-hybridized carbons (Fsp3) is 0.632. The van der Waals surface area contributed by atoms with Gasteiger partial charge in [-0.15, -0.1) is 0 Å². The van der Waals surface area contributed by atoms with Gasteiger partial charge >= 0.3 is 0 Å². The van der Waals surface area contributed by atoms with Crippen LogP contribution >= 0.6 is 0 Å². The highest BCUT2D eigenvalue weighted by atomic mass is 28.4. The number of benzene rings is 1. The summed E-state index contributed by atoms with van der Waals surface area (Å²) in [6.07, 6.45) is 1.79. The van der Waals surface area contributed by atoms with Crippen LogP contribution in [0.4, 0.5) is 0 Å². The van der Waals surface area contributed by atoms with Crippen molar-refractivity contribution < 1.29 is 22.8 Å². The first-order chi connectivity index (χ1) is 23.4. The summed E-state index contributed by atoms with van der Waals surface area (Å²) in [5.74, 6) is 0.875. The van der Waals surface area contributed by atoms with E-state index in [1.165, 1.54) is 0 Å². The third-order valence-corrected chi connectivity index (χ3v) is 25.3. The number of pyridine rings is 1. The molecule has 0 aliphatic carbocycles. The van der Waals surface area contributed by atoms with Gasteiger partial charge in [-0.1, -0.05) is 80.5 Å². The Balaban J connectivity index is 1.67. The molecule has 0 bridgehead atoms. The molecule has 0 radical (unpaired) electrons. The highest BCUT2D eigenvalue weighted by molar-refractivity contribution is 6.75. The van der Waals surface area contributed by atoms with Crippen LogP contribution < -0.4 is 4.74 Å². The lowest BCUT2D eigenvalue weighted by atomic mass is 10.1. The van der Waals surface area contributed by atoms with Crippen molar-refractivity contribution in [2.24, 2.45) is 0 Å². The second kappa shape index (κ2) is 13.7. The van der Waals surface area contributed by atoms with Gasteiger partial charge in [0.15, 0.2) is 48.2 Å². The average Bonchev–Trinajstić information content (AvgIpc) is 3.58. The maximum absolute atomic E-state index is 7.40. The summed E-state index contributed by atoms with van der Waals surface area (Å²) in [6.45, 7) is 34.5. The molecule has 280 valence electrons. The van der Waals surface area contributed by atoms with E-state index in [1.54, 1.807) is 19.6 Å². The van der Waals surface area contributed by atoms with Crippen molar-refractivity contribution in [2.75, 3.05) is 13.7 Å². The number of para-hydroxylation sites is 1. The number of methoxy groups -OCH3 is 1. The summed E-state index contributed by atoms with van der Waals surface area (Å²) < 4.78 is 36.6. The quantitative estimate of drug-likeness (QED) is 0.147. The number of ether oxygens (including phenoxy) is 2. The van der Waals surface area contributed by atoms with E-state index < -0.39 is 37.3 Å². The largest absolute Gasteiger partial charge is 0.479 e.